The number of ether oxygens (including phenoxy) is 2. The monoisotopic (exact) mass is 460 g/mol. The van der Waals surface area contributed by atoms with Crippen molar-refractivity contribution in [2.24, 2.45) is 0 Å². The second-order valence-corrected chi connectivity index (χ2v) is 7.20. The van der Waals surface area contributed by atoms with E-state index in [9.17, 15) is 22.0 Å². The molecule has 0 amide bonds. The van der Waals surface area contributed by atoms with Gasteiger partial charge in [0.05, 0.1) is 12.8 Å². The number of methoxy groups -OCH3 is 1. The number of rotatable bonds is 8. The average molecular weight is 460 g/mol. The van der Waals surface area contributed by atoms with E-state index in [2.05, 4.69) is 9.36 Å². The van der Waals surface area contributed by atoms with E-state index < -0.39 is 35.0 Å². The number of pyridine rings is 1. The molecule has 2 aromatic heterocycles. The van der Waals surface area contributed by atoms with Crippen molar-refractivity contribution in [2.45, 2.75) is 25.6 Å². The number of nitrogens with zero attached hydrogens (tertiary/aromatic N) is 2. The molecule has 0 bridgehead atoms. The maximum atomic E-state index is 14.3. The summed E-state index contributed by atoms with van der Waals surface area (Å²) < 4.78 is 83.0. The Balaban J connectivity index is 1.92. The summed E-state index contributed by atoms with van der Waals surface area (Å²) in [4.78, 5) is 2.92. The fraction of sp³-hybridized carbons (Fsp3) is 0.300. The van der Waals surface area contributed by atoms with E-state index in [4.69, 9.17) is 14.6 Å². The quantitative estimate of drug-likeness (QED) is 0.479. The third kappa shape index (κ3) is 5.28. The molecule has 0 unspecified atom stereocenters. The summed E-state index contributed by atoms with van der Waals surface area (Å²) in [5.41, 5.74) is 0.168. The van der Waals surface area contributed by atoms with Crippen molar-refractivity contribution in [3.63, 3.8) is 0 Å². The fourth-order valence-electron chi connectivity index (χ4n) is 2.86. The first-order valence-corrected chi connectivity index (χ1v) is 9.79. The first kappa shape index (κ1) is 22.9. The van der Waals surface area contributed by atoms with Crippen molar-refractivity contribution >= 4 is 11.5 Å². The largest absolute Gasteiger partial charge is 0.483 e. The van der Waals surface area contributed by atoms with E-state index in [1.165, 1.54) is 25.4 Å². The van der Waals surface area contributed by atoms with Crippen molar-refractivity contribution in [3.05, 3.63) is 58.1 Å². The van der Waals surface area contributed by atoms with Crippen molar-refractivity contribution in [1.29, 1.82) is 0 Å². The lowest BCUT2D eigenvalue weighted by Gasteiger charge is -2.13. The van der Waals surface area contributed by atoms with E-state index in [1.54, 1.807) is 0 Å². The van der Waals surface area contributed by atoms with Gasteiger partial charge >= 0.3 is 6.18 Å². The highest BCUT2D eigenvalue weighted by Crippen LogP contribution is 2.40. The second kappa shape index (κ2) is 9.56. The van der Waals surface area contributed by atoms with Crippen molar-refractivity contribution in [3.8, 4) is 22.9 Å². The van der Waals surface area contributed by atoms with Crippen molar-refractivity contribution in [2.75, 3.05) is 13.7 Å². The fourth-order valence-corrected chi connectivity index (χ4v) is 3.62. The molecule has 1 N–H and O–H groups in total. The highest BCUT2D eigenvalue weighted by molar-refractivity contribution is 7.06. The molecule has 166 valence electrons. The van der Waals surface area contributed by atoms with Gasteiger partial charge in [-0.25, -0.2) is 13.8 Å². The van der Waals surface area contributed by atoms with Crippen LogP contribution in [0.25, 0.3) is 11.3 Å². The summed E-state index contributed by atoms with van der Waals surface area (Å²) in [6, 6.07) is 4.98. The Morgan fingerprint density at radius 3 is 2.39 bits per heavy atom. The molecule has 0 aliphatic heterocycles. The first-order chi connectivity index (χ1) is 14.7. The summed E-state index contributed by atoms with van der Waals surface area (Å²) in [5, 5.41) is 8.83. The van der Waals surface area contributed by atoms with Crippen LogP contribution in [0.2, 0.25) is 0 Å². The number of benzene rings is 1. The lowest BCUT2D eigenvalue weighted by molar-refractivity contribution is -0.135. The normalized spacial score (nSPS) is 11.6. The van der Waals surface area contributed by atoms with Crippen LogP contribution in [0.1, 0.15) is 22.4 Å². The number of hydrogen-bond donors (Lipinski definition) is 1. The molecule has 1 aromatic carbocycles. The van der Waals surface area contributed by atoms with Gasteiger partial charge in [0.15, 0.2) is 17.4 Å². The Morgan fingerprint density at radius 1 is 1.13 bits per heavy atom. The molecule has 0 spiro atoms. The molecule has 0 aliphatic carbocycles. The van der Waals surface area contributed by atoms with Gasteiger partial charge in [-0.05, 0) is 48.1 Å². The van der Waals surface area contributed by atoms with Gasteiger partial charge in [0, 0.05) is 30.0 Å². The minimum Gasteiger partial charge on any atom is -0.483 e. The van der Waals surface area contributed by atoms with Crippen LogP contribution in [0.5, 0.6) is 11.6 Å². The maximum Gasteiger partial charge on any atom is 0.427 e. The minimum atomic E-state index is -4.72. The van der Waals surface area contributed by atoms with E-state index in [0.29, 0.717) is 12.0 Å². The third-order valence-electron chi connectivity index (χ3n) is 4.31. The Labute approximate surface area is 178 Å². The topological polar surface area (TPSA) is 64.5 Å². The zero-order chi connectivity index (χ0) is 22.6. The molecule has 31 heavy (non-hydrogen) atoms. The van der Waals surface area contributed by atoms with Gasteiger partial charge in [0.2, 0.25) is 5.88 Å². The number of hydrogen-bond acceptors (Lipinski definition) is 6. The number of aromatic nitrogens is 2. The van der Waals surface area contributed by atoms with Crippen molar-refractivity contribution in [1.82, 2.24) is 9.36 Å². The van der Waals surface area contributed by atoms with Crippen LogP contribution in [0.15, 0.2) is 30.5 Å². The summed E-state index contributed by atoms with van der Waals surface area (Å²) in [7, 11) is 1.39. The van der Waals surface area contributed by atoms with Crippen LogP contribution in [0, 0.1) is 11.6 Å². The molecule has 0 saturated carbocycles. The Morgan fingerprint density at radius 2 is 1.84 bits per heavy atom. The zero-order valence-corrected chi connectivity index (χ0v) is 17.0. The van der Waals surface area contributed by atoms with E-state index in [-0.39, 0.29) is 47.3 Å². The van der Waals surface area contributed by atoms with Crippen LogP contribution in [0.4, 0.5) is 22.0 Å². The van der Waals surface area contributed by atoms with Gasteiger partial charge in [-0.2, -0.15) is 17.5 Å². The number of aryl methyl sites for hydroxylation is 1. The molecule has 11 heteroatoms. The highest BCUT2D eigenvalue weighted by Gasteiger charge is 2.38. The van der Waals surface area contributed by atoms with Crippen LogP contribution in [-0.4, -0.2) is 28.2 Å². The molecular weight excluding hydrogens is 443 g/mol. The predicted molar refractivity (Wildman–Crippen MR) is 103 cm³/mol. The summed E-state index contributed by atoms with van der Waals surface area (Å²) in [5.74, 6) is -2.61. The van der Waals surface area contributed by atoms with Gasteiger partial charge in [-0.15, -0.1) is 0 Å². The van der Waals surface area contributed by atoms with Gasteiger partial charge in [-0.3, -0.25) is 0 Å². The Hall–Kier alpha value is -2.79. The van der Waals surface area contributed by atoms with E-state index in [0.717, 1.165) is 12.1 Å². The van der Waals surface area contributed by atoms with Crippen LogP contribution in [-0.2, 0) is 19.2 Å². The lowest BCUT2D eigenvalue weighted by atomic mass is 10.1. The van der Waals surface area contributed by atoms with Gasteiger partial charge in [-0.1, -0.05) is 0 Å². The number of aliphatic hydroxyl groups is 1. The number of halogens is 5. The second-order valence-electron chi connectivity index (χ2n) is 6.43. The lowest BCUT2D eigenvalue weighted by Crippen LogP contribution is -2.09. The van der Waals surface area contributed by atoms with Gasteiger partial charge in [0.1, 0.15) is 11.5 Å². The SMILES string of the molecule is COc1ccc(-c2nsc(C(F)(F)F)c2COc2c(F)cc(CCCO)cc2F)cn1. The average Bonchev–Trinajstić information content (AvgIpc) is 3.16. The molecule has 0 aliphatic rings. The molecule has 0 atom stereocenters. The smallest absolute Gasteiger partial charge is 0.427 e. The number of alkyl halides is 3. The summed E-state index contributed by atoms with van der Waals surface area (Å²) >= 11 is 0.218. The van der Waals surface area contributed by atoms with Gasteiger partial charge in [0.25, 0.3) is 0 Å². The molecule has 3 aromatic rings. The standard InChI is InChI=1S/C20H17F5N2O3S/c1-29-16-5-4-12(9-26-16)17-13(19(31-27-17)20(23,24)25)10-30-18-14(21)7-11(3-2-6-28)8-15(18)22/h4-5,7-9,28H,2-3,6,10H2,1H3. The molecular formula is C20H17F5N2O3S. The highest BCUT2D eigenvalue weighted by atomic mass is 32.1. The van der Waals surface area contributed by atoms with Crippen LogP contribution >= 0.6 is 11.5 Å². The maximum absolute atomic E-state index is 14.3. The third-order valence-corrected chi connectivity index (χ3v) is 5.24. The Bertz CT molecular complexity index is 1020. The zero-order valence-electron chi connectivity index (χ0n) is 16.2. The molecule has 0 fully saturated rings. The molecule has 3 rings (SSSR count). The molecule has 2 heterocycles. The van der Waals surface area contributed by atoms with E-state index >= 15 is 0 Å². The predicted octanol–water partition coefficient (Wildman–Crippen LogP) is 5.01. The van der Waals surface area contributed by atoms with E-state index in [1.807, 2.05) is 0 Å². The Kier molecular flexibility index (Phi) is 7.06. The van der Waals surface area contributed by atoms with Crippen molar-refractivity contribution < 1.29 is 36.5 Å². The molecule has 5 nitrogen and oxygen atoms in total. The van der Waals surface area contributed by atoms with Crippen LogP contribution < -0.4 is 9.47 Å². The van der Waals surface area contributed by atoms with Gasteiger partial charge < -0.3 is 14.6 Å². The summed E-state index contributed by atoms with van der Waals surface area (Å²) in [6.07, 6.45) is -2.88. The number of aliphatic hydroxyl groups excluding tert-OH is 1. The molecule has 0 saturated heterocycles. The molecule has 0 radical (unpaired) electrons. The summed E-state index contributed by atoms with van der Waals surface area (Å²) in [6.45, 7) is -0.896. The minimum absolute atomic E-state index is 0.0483. The first-order valence-electron chi connectivity index (χ1n) is 9.02. The van der Waals surface area contributed by atoms with Crippen LogP contribution in [0.3, 0.4) is 0 Å².